The highest BCUT2D eigenvalue weighted by Crippen LogP contribution is 2.44. The first kappa shape index (κ1) is 31.7. The highest BCUT2D eigenvalue weighted by molar-refractivity contribution is 6.27. The van der Waals surface area contributed by atoms with Crippen molar-refractivity contribution in [3.05, 3.63) is 212 Å². The maximum Gasteiger partial charge on any atom is 0.0641 e. The van der Waals surface area contributed by atoms with Crippen LogP contribution >= 0.6 is 0 Å². The molecule has 0 N–H and O–H groups in total. The topological polar surface area (TPSA) is 14.8 Å². The number of aromatic nitrogens is 3. The van der Waals surface area contributed by atoms with E-state index in [9.17, 15) is 0 Å². The van der Waals surface area contributed by atoms with Crippen molar-refractivity contribution >= 4 is 65.4 Å². The van der Waals surface area contributed by atoms with Gasteiger partial charge in [-0.3, -0.25) is 0 Å². The summed E-state index contributed by atoms with van der Waals surface area (Å²) in [6.07, 6.45) is 0. The molecule has 0 unspecified atom stereocenters. The Bertz CT molecular complexity index is 3490. The maximum absolute atomic E-state index is 2.50. The smallest absolute Gasteiger partial charge is 0.0641 e. The maximum atomic E-state index is 2.50. The van der Waals surface area contributed by atoms with Crippen LogP contribution in [0.25, 0.3) is 105 Å². The summed E-state index contributed by atoms with van der Waals surface area (Å²) in [5.41, 5.74) is 15.5. The second kappa shape index (κ2) is 12.5. The van der Waals surface area contributed by atoms with Gasteiger partial charge in [-0.2, -0.15) is 0 Å². The molecule has 3 heteroatoms. The van der Waals surface area contributed by atoms with Crippen LogP contribution in [0, 0.1) is 0 Å². The van der Waals surface area contributed by atoms with Gasteiger partial charge in [-0.15, -0.1) is 0 Å². The Balaban J connectivity index is 1.15. The van der Waals surface area contributed by atoms with E-state index in [1.807, 2.05) is 0 Å². The van der Waals surface area contributed by atoms with Gasteiger partial charge in [0.1, 0.15) is 0 Å². The van der Waals surface area contributed by atoms with Gasteiger partial charge in [-0.25, -0.2) is 0 Å². The molecular weight excluding hydrogens is 691 g/mol. The van der Waals surface area contributed by atoms with Crippen LogP contribution in [-0.4, -0.2) is 13.7 Å². The SMILES string of the molecule is c1ccc(-c2ccc(-n3c4ccccc4c4ccc5c(c6ccccc6n5-c5cccc6c5c5ccccc5n6-c5cccc(-c6ccccc6)c5)c43)cc2)cc1. The fourth-order valence-corrected chi connectivity index (χ4v) is 9.39. The van der Waals surface area contributed by atoms with Crippen LogP contribution in [0.3, 0.4) is 0 Å². The standard InChI is InChI=1S/C54H35N3/c1-3-15-36(16-4-1)38-29-31-40(32-30-38)56-46-24-10-7-21-42(46)43-33-34-51-53(54(43)56)45-23-9-12-26-48(45)57(51)50-28-14-27-49-52(50)44-22-8-11-25-47(44)55(49)41-20-13-19-39(35-41)37-17-5-2-6-18-37/h1-35H. The molecule has 0 aliphatic carbocycles. The molecule has 57 heavy (non-hydrogen) atoms. The van der Waals surface area contributed by atoms with E-state index in [1.54, 1.807) is 0 Å². The highest BCUT2D eigenvalue weighted by Gasteiger charge is 2.23. The predicted molar refractivity (Wildman–Crippen MR) is 240 cm³/mol. The fourth-order valence-electron chi connectivity index (χ4n) is 9.39. The molecule has 0 atom stereocenters. The van der Waals surface area contributed by atoms with Crippen molar-refractivity contribution in [1.29, 1.82) is 0 Å². The third-order valence-electron chi connectivity index (χ3n) is 11.8. The summed E-state index contributed by atoms with van der Waals surface area (Å²) in [4.78, 5) is 0. The fraction of sp³-hybridized carbons (Fsp3) is 0. The lowest BCUT2D eigenvalue weighted by Gasteiger charge is -2.13. The summed E-state index contributed by atoms with van der Waals surface area (Å²) in [6, 6.07) is 77.3. The Morgan fingerprint density at radius 1 is 0.246 bits per heavy atom. The lowest BCUT2D eigenvalue weighted by molar-refractivity contribution is 1.17. The van der Waals surface area contributed by atoms with Gasteiger partial charge in [0.15, 0.2) is 0 Å². The third kappa shape index (κ3) is 4.73. The van der Waals surface area contributed by atoms with Crippen molar-refractivity contribution in [3.63, 3.8) is 0 Å². The van der Waals surface area contributed by atoms with Gasteiger partial charge in [-0.1, -0.05) is 152 Å². The highest BCUT2D eigenvalue weighted by atomic mass is 15.0. The number of hydrogen-bond donors (Lipinski definition) is 0. The first-order valence-electron chi connectivity index (χ1n) is 19.6. The molecule has 0 saturated heterocycles. The predicted octanol–water partition coefficient (Wildman–Crippen LogP) is 14.3. The average Bonchev–Trinajstić information content (AvgIpc) is 3.93. The zero-order chi connectivity index (χ0) is 37.5. The van der Waals surface area contributed by atoms with Gasteiger partial charge in [0.05, 0.1) is 38.8 Å². The largest absolute Gasteiger partial charge is 0.309 e. The van der Waals surface area contributed by atoms with Crippen LogP contribution in [-0.2, 0) is 0 Å². The van der Waals surface area contributed by atoms with E-state index in [-0.39, 0.29) is 0 Å². The lowest BCUT2D eigenvalue weighted by atomic mass is 10.1. The molecule has 3 nitrogen and oxygen atoms in total. The van der Waals surface area contributed by atoms with Crippen molar-refractivity contribution in [1.82, 2.24) is 13.7 Å². The quantitative estimate of drug-likeness (QED) is 0.168. The molecule has 0 aliphatic heterocycles. The van der Waals surface area contributed by atoms with E-state index in [0.29, 0.717) is 0 Å². The Morgan fingerprint density at radius 3 is 1.47 bits per heavy atom. The number of para-hydroxylation sites is 3. The minimum Gasteiger partial charge on any atom is -0.309 e. The summed E-state index contributed by atoms with van der Waals surface area (Å²) in [5.74, 6) is 0. The summed E-state index contributed by atoms with van der Waals surface area (Å²) >= 11 is 0. The van der Waals surface area contributed by atoms with Gasteiger partial charge in [-0.05, 0) is 82.9 Å². The van der Waals surface area contributed by atoms with Gasteiger partial charge >= 0.3 is 0 Å². The van der Waals surface area contributed by atoms with Crippen molar-refractivity contribution < 1.29 is 0 Å². The van der Waals surface area contributed by atoms with Gasteiger partial charge in [0.2, 0.25) is 0 Å². The molecule has 0 spiro atoms. The number of nitrogens with zero attached hydrogens (tertiary/aromatic N) is 3. The Hall–Kier alpha value is -7.62. The molecule has 0 fully saturated rings. The molecule has 12 rings (SSSR count). The van der Waals surface area contributed by atoms with Gasteiger partial charge in [0, 0.05) is 43.7 Å². The molecule has 0 amide bonds. The first-order valence-corrected chi connectivity index (χ1v) is 19.6. The monoisotopic (exact) mass is 725 g/mol. The number of rotatable bonds is 5. The molecule has 0 radical (unpaired) electrons. The summed E-state index contributed by atoms with van der Waals surface area (Å²) < 4.78 is 7.42. The van der Waals surface area contributed by atoms with E-state index >= 15 is 0 Å². The molecule has 3 aromatic heterocycles. The molecule has 12 aromatic rings. The minimum absolute atomic E-state index is 1.14. The van der Waals surface area contributed by atoms with Crippen molar-refractivity contribution in [2.45, 2.75) is 0 Å². The van der Waals surface area contributed by atoms with Crippen molar-refractivity contribution in [2.24, 2.45) is 0 Å². The van der Waals surface area contributed by atoms with Crippen LogP contribution in [0.4, 0.5) is 0 Å². The number of benzene rings is 9. The van der Waals surface area contributed by atoms with Crippen LogP contribution < -0.4 is 0 Å². The molecule has 266 valence electrons. The van der Waals surface area contributed by atoms with E-state index in [0.717, 1.165) is 11.4 Å². The number of fused-ring (bicyclic) bond motifs is 10. The molecule has 0 saturated carbocycles. The van der Waals surface area contributed by atoms with Crippen molar-refractivity contribution in [2.75, 3.05) is 0 Å². The Morgan fingerprint density at radius 2 is 0.754 bits per heavy atom. The van der Waals surface area contributed by atoms with Crippen LogP contribution in [0.2, 0.25) is 0 Å². The zero-order valence-electron chi connectivity index (χ0n) is 31.0. The lowest BCUT2D eigenvalue weighted by Crippen LogP contribution is -1.97. The van der Waals surface area contributed by atoms with Gasteiger partial charge < -0.3 is 13.7 Å². The summed E-state index contributed by atoms with van der Waals surface area (Å²) in [5, 5.41) is 7.45. The molecule has 0 aliphatic rings. The molecule has 3 heterocycles. The van der Waals surface area contributed by atoms with E-state index in [4.69, 9.17) is 0 Å². The van der Waals surface area contributed by atoms with Crippen LogP contribution in [0.1, 0.15) is 0 Å². The Kier molecular flexibility index (Phi) is 6.93. The van der Waals surface area contributed by atoms with Crippen LogP contribution in [0.5, 0.6) is 0 Å². The summed E-state index contributed by atoms with van der Waals surface area (Å²) in [7, 11) is 0. The van der Waals surface area contributed by atoms with Gasteiger partial charge in [0.25, 0.3) is 0 Å². The second-order valence-electron chi connectivity index (χ2n) is 14.9. The third-order valence-corrected chi connectivity index (χ3v) is 11.8. The van der Waals surface area contributed by atoms with Crippen LogP contribution in [0.15, 0.2) is 212 Å². The minimum atomic E-state index is 1.14. The van der Waals surface area contributed by atoms with E-state index in [1.165, 1.54) is 93.4 Å². The second-order valence-corrected chi connectivity index (χ2v) is 14.9. The average molecular weight is 726 g/mol. The number of hydrogen-bond acceptors (Lipinski definition) is 0. The van der Waals surface area contributed by atoms with E-state index < -0.39 is 0 Å². The van der Waals surface area contributed by atoms with Crippen molar-refractivity contribution in [3.8, 4) is 39.3 Å². The Labute approximate surface area is 329 Å². The van der Waals surface area contributed by atoms with E-state index in [2.05, 4.69) is 226 Å². The normalized spacial score (nSPS) is 11.9. The molecular formula is C54H35N3. The zero-order valence-corrected chi connectivity index (χ0v) is 31.0. The molecule has 9 aromatic carbocycles. The summed E-state index contributed by atoms with van der Waals surface area (Å²) in [6.45, 7) is 0. The first-order chi connectivity index (χ1) is 28.3. The molecule has 0 bridgehead atoms.